The molecular formula is C14H21N3O4. The molecule has 1 unspecified atom stereocenters. The van der Waals surface area contributed by atoms with Gasteiger partial charge in [-0.2, -0.15) is 0 Å². The Morgan fingerprint density at radius 3 is 2.62 bits per heavy atom. The summed E-state index contributed by atoms with van der Waals surface area (Å²) in [7, 11) is 3.13. The summed E-state index contributed by atoms with van der Waals surface area (Å²) < 4.78 is 9.61. The predicted octanol–water partition coefficient (Wildman–Crippen LogP) is 1.21. The quantitative estimate of drug-likeness (QED) is 0.729. The number of esters is 2. The smallest absolute Gasteiger partial charge is 0.341 e. The largest absolute Gasteiger partial charge is 0.469 e. The highest BCUT2D eigenvalue weighted by molar-refractivity contribution is 5.90. The first-order chi connectivity index (χ1) is 9.90. The van der Waals surface area contributed by atoms with Gasteiger partial charge in [-0.05, 0) is 13.8 Å². The second kappa shape index (κ2) is 7.56. The van der Waals surface area contributed by atoms with E-state index < -0.39 is 5.97 Å². The van der Waals surface area contributed by atoms with Gasteiger partial charge in [-0.1, -0.05) is 6.92 Å². The van der Waals surface area contributed by atoms with E-state index in [1.807, 2.05) is 0 Å². The Balaban J connectivity index is 2.83. The molecular weight excluding hydrogens is 274 g/mol. The van der Waals surface area contributed by atoms with Gasteiger partial charge >= 0.3 is 11.9 Å². The zero-order valence-corrected chi connectivity index (χ0v) is 13.0. The predicted molar refractivity (Wildman–Crippen MR) is 77.2 cm³/mol. The molecule has 0 aliphatic rings. The van der Waals surface area contributed by atoms with E-state index >= 15 is 0 Å². The van der Waals surface area contributed by atoms with E-state index in [9.17, 15) is 9.59 Å². The Labute approximate surface area is 124 Å². The number of aromatic nitrogens is 2. The number of nitrogens with zero attached hydrogens (tertiary/aromatic N) is 3. The van der Waals surface area contributed by atoms with Crippen molar-refractivity contribution >= 4 is 17.9 Å². The Morgan fingerprint density at radius 2 is 2.10 bits per heavy atom. The maximum Gasteiger partial charge on any atom is 0.341 e. The summed E-state index contributed by atoms with van der Waals surface area (Å²) in [4.78, 5) is 33.2. The number of hydrogen-bond acceptors (Lipinski definition) is 7. The molecule has 116 valence electrons. The molecule has 0 spiro atoms. The minimum absolute atomic E-state index is 0.290. The Kier molecular flexibility index (Phi) is 6.08. The van der Waals surface area contributed by atoms with Gasteiger partial charge in [0, 0.05) is 19.8 Å². The maximum atomic E-state index is 11.7. The molecule has 0 radical (unpaired) electrons. The summed E-state index contributed by atoms with van der Waals surface area (Å²) in [5.41, 5.74) is 0.881. The summed E-state index contributed by atoms with van der Waals surface area (Å²) in [5.74, 6) is -0.584. The van der Waals surface area contributed by atoms with Crippen LogP contribution in [0.4, 0.5) is 5.95 Å². The summed E-state index contributed by atoms with van der Waals surface area (Å²) in [6.07, 6.45) is 1.44. The Hall–Kier alpha value is -2.18. The SMILES string of the molecule is CCOC(=O)c1cnc(N(C)CC(C)C(=O)OC)nc1C. The molecule has 21 heavy (non-hydrogen) atoms. The molecule has 1 aromatic heterocycles. The number of ether oxygens (including phenoxy) is 2. The highest BCUT2D eigenvalue weighted by atomic mass is 16.5. The van der Waals surface area contributed by atoms with Gasteiger partial charge in [0.25, 0.3) is 0 Å². The van der Waals surface area contributed by atoms with Crippen molar-refractivity contribution in [2.24, 2.45) is 5.92 Å². The second-order valence-corrected chi connectivity index (χ2v) is 4.69. The minimum atomic E-state index is -0.438. The normalized spacial score (nSPS) is 11.7. The van der Waals surface area contributed by atoms with Crippen LogP contribution in [0.25, 0.3) is 0 Å². The fraction of sp³-hybridized carbons (Fsp3) is 0.571. The molecule has 0 N–H and O–H groups in total. The van der Waals surface area contributed by atoms with Crippen molar-refractivity contribution in [3.63, 3.8) is 0 Å². The highest BCUT2D eigenvalue weighted by Gasteiger charge is 2.19. The standard InChI is InChI=1S/C14H21N3O4/c1-6-21-13(19)11-7-15-14(16-10(11)3)17(4)8-9(2)12(18)20-5/h7,9H,6,8H2,1-5H3. The summed E-state index contributed by atoms with van der Waals surface area (Å²) >= 11 is 0. The molecule has 1 heterocycles. The summed E-state index contributed by atoms with van der Waals surface area (Å²) in [5, 5.41) is 0. The third-order valence-corrected chi connectivity index (χ3v) is 2.95. The van der Waals surface area contributed by atoms with Crippen molar-refractivity contribution in [2.75, 3.05) is 32.2 Å². The molecule has 0 saturated heterocycles. The van der Waals surface area contributed by atoms with E-state index in [0.717, 1.165) is 0 Å². The number of carbonyl (C=O) groups excluding carboxylic acids is 2. The lowest BCUT2D eigenvalue weighted by molar-refractivity contribution is -0.144. The van der Waals surface area contributed by atoms with Crippen LogP contribution in [0.5, 0.6) is 0 Å². The molecule has 7 nitrogen and oxygen atoms in total. The van der Waals surface area contributed by atoms with Gasteiger partial charge in [0.15, 0.2) is 0 Å². The van der Waals surface area contributed by atoms with Crippen LogP contribution in [-0.2, 0) is 14.3 Å². The van der Waals surface area contributed by atoms with Crippen molar-refractivity contribution in [1.82, 2.24) is 9.97 Å². The van der Waals surface area contributed by atoms with Crippen LogP contribution in [0.2, 0.25) is 0 Å². The van der Waals surface area contributed by atoms with Crippen molar-refractivity contribution < 1.29 is 19.1 Å². The first-order valence-corrected chi connectivity index (χ1v) is 6.70. The average molecular weight is 295 g/mol. The zero-order valence-electron chi connectivity index (χ0n) is 13.0. The molecule has 1 rings (SSSR count). The lowest BCUT2D eigenvalue weighted by Gasteiger charge is -2.20. The van der Waals surface area contributed by atoms with E-state index in [1.165, 1.54) is 13.3 Å². The van der Waals surface area contributed by atoms with Crippen LogP contribution in [0.3, 0.4) is 0 Å². The van der Waals surface area contributed by atoms with Crippen LogP contribution >= 0.6 is 0 Å². The van der Waals surface area contributed by atoms with E-state index in [2.05, 4.69) is 14.7 Å². The zero-order chi connectivity index (χ0) is 16.0. The number of rotatable bonds is 6. The van der Waals surface area contributed by atoms with Crippen LogP contribution in [-0.4, -0.2) is 49.2 Å². The van der Waals surface area contributed by atoms with Gasteiger partial charge in [-0.25, -0.2) is 14.8 Å². The van der Waals surface area contributed by atoms with Gasteiger partial charge < -0.3 is 14.4 Å². The molecule has 0 bridgehead atoms. The van der Waals surface area contributed by atoms with E-state index in [0.29, 0.717) is 30.4 Å². The van der Waals surface area contributed by atoms with Crippen LogP contribution in [0, 0.1) is 12.8 Å². The molecule has 1 atom stereocenters. The molecule has 7 heteroatoms. The van der Waals surface area contributed by atoms with E-state index in [-0.39, 0.29) is 11.9 Å². The van der Waals surface area contributed by atoms with Gasteiger partial charge in [0.05, 0.1) is 30.9 Å². The number of aryl methyl sites for hydroxylation is 1. The van der Waals surface area contributed by atoms with Crippen molar-refractivity contribution in [2.45, 2.75) is 20.8 Å². The Bertz CT molecular complexity index is 519. The highest BCUT2D eigenvalue weighted by Crippen LogP contribution is 2.13. The van der Waals surface area contributed by atoms with Gasteiger partial charge in [0.2, 0.25) is 5.95 Å². The van der Waals surface area contributed by atoms with Crippen molar-refractivity contribution in [3.8, 4) is 0 Å². The fourth-order valence-electron chi connectivity index (χ4n) is 1.82. The maximum absolute atomic E-state index is 11.7. The fourth-order valence-corrected chi connectivity index (χ4v) is 1.82. The molecule has 1 aromatic rings. The number of methoxy groups -OCH3 is 1. The van der Waals surface area contributed by atoms with Crippen LogP contribution < -0.4 is 4.90 Å². The van der Waals surface area contributed by atoms with Crippen LogP contribution in [0.1, 0.15) is 29.9 Å². The summed E-state index contributed by atoms with van der Waals surface area (Å²) in [6, 6.07) is 0. The first kappa shape index (κ1) is 16.9. The lowest BCUT2D eigenvalue weighted by atomic mass is 10.2. The van der Waals surface area contributed by atoms with E-state index in [4.69, 9.17) is 4.74 Å². The van der Waals surface area contributed by atoms with Gasteiger partial charge in [0.1, 0.15) is 0 Å². The monoisotopic (exact) mass is 295 g/mol. The van der Waals surface area contributed by atoms with E-state index in [1.54, 1.807) is 32.7 Å². The molecule has 0 fully saturated rings. The van der Waals surface area contributed by atoms with Gasteiger partial charge in [-0.15, -0.1) is 0 Å². The molecule has 0 saturated carbocycles. The summed E-state index contributed by atoms with van der Waals surface area (Å²) in [6.45, 7) is 5.95. The second-order valence-electron chi connectivity index (χ2n) is 4.69. The molecule has 0 aromatic carbocycles. The van der Waals surface area contributed by atoms with Gasteiger partial charge in [-0.3, -0.25) is 4.79 Å². The lowest BCUT2D eigenvalue weighted by Crippen LogP contribution is -2.30. The topological polar surface area (TPSA) is 81.6 Å². The molecule has 0 amide bonds. The molecule has 0 aliphatic heterocycles. The minimum Gasteiger partial charge on any atom is -0.469 e. The van der Waals surface area contributed by atoms with Crippen molar-refractivity contribution in [3.05, 3.63) is 17.5 Å². The third-order valence-electron chi connectivity index (χ3n) is 2.95. The number of anilines is 1. The number of hydrogen-bond donors (Lipinski definition) is 0. The van der Waals surface area contributed by atoms with Crippen LogP contribution in [0.15, 0.2) is 6.20 Å². The van der Waals surface area contributed by atoms with Crippen molar-refractivity contribution in [1.29, 1.82) is 0 Å². The third kappa shape index (κ3) is 4.40. The average Bonchev–Trinajstić information content (AvgIpc) is 2.46. The first-order valence-electron chi connectivity index (χ1n) is 6.70. The Morgan fingerprint density at radius 1 is 1.43 bits per heavy atom. The number of carbonyl (C=O) groups is 2. The molecule has 0 aliphatic carbocycles.